The van der Waals surface area contributed by atoms with Gasteiger partial charge >= 0.3 is 36.5 Å². The van der Waals surface area contributed by atoms with E-state index in [0.29, 0.717) is 55.7 Å². The number of phenols is 1. The predicted molar refractivity (Wildman–Crippen MR) is 485 cm³/mol. The largest absolute Gasteiger partial charge is 0.542 e. The van der Waals surface area contributed by atoms with Crippen molar-refractivity contribution < 1.29 is 202 Å². The first-order valence-corrected chi connectivity index (χ1v) is 46.8. The lowest BCUT2D eigenvalue weighted by molar-refractivity contribution is -0.405. The number of amides is 16. The molecule has 59 heteroatoms. The van der Waals surface area contributed by atoms with E-state index in [1.807, 2.05) is 13.8 Å². The smallest absolute Gasteiger partial charge is 0.430 e. The van der Waals surface area contributed by atoms with Crippen LogP contribution in [0.15, 0.2) is 72.8 Å². The number of carbonyl (C=O) groups excluding carboxylic acids is 20. The fraction of sp³-hybridized carbons (Fsp3) is 0.568. The van der Waals surface area contributed by atoms with Gasteiger partial charge in [0.05, 0.1) is 38.9 Å². The van der Waals surface area contributed by atoms with Crippen LogP contribution in [0, 0.1) is 23.7 Å². The number of phenolic OH excluding ortho intramolecular Hbond substituents is 1. The number of hydrogen-bond donors (Lipinski definition) is 21. The molecule has 3 aromatic carbocycles. The summed E-state index contributed by atoms with van der Waals surface area (Å²) in [5, 5.41) is 82.3. The Labute approximate surface area is 839 Å². The van der Waals surface area contributed by atoms with Gasteiger partial charge in [-0.3, -0.25) is 87.6 Å². The van der Waals surface area contributed by atoms with Gasteiger partial charge in [-0.05, 0) is 141 Å². The lowest BCUT2D eigenvalue weighted by Gasteiger charge is -2.27. The van der Waals surface area contributed by atoms with E-state index < -0.39 is 240 Å². The van der Waals surface area contributed by atoms with Gasteiger partial charge in [-0.25, -0.2) is 0 Å². The molecule has 0 saturated carbocycles. The Bertz CT molecular complexity index is 4740. The number of benzene rings is 3. The minimum absolute atomic E-state index is 0.0142. The Hall–Kier alpha value is -14.0. The standard InChI is InChI=1S/C80H124N20O18S.4C2HF3O2/c1-44(2)38-58-73(110)92-57(32-37-119-10)72(109)97-65(46(5)6)77(114)88-42-62(102)87-43-63(103)96-66(47(7)8)78(115)98-64(45(3)4)76(113)86-36-19-23-53(83)68(105)90-56(25-15-17-34-82)71(108)94-60(39-48-20-12-11-13-21-48)75(112)100-99-67(104)52-41-50(28-31-61(52)118-9)89-79(116)80(117)95-59(40-49-26-29-51(101)30-27-49)74(111)91-55(24-14-16-33-81)70(107)85-35-18-22-54(84)69(106)93-58;4*3-2(4,5)1(6)7/h11-13,20-21,26-31,41,44-47,53-60,64-66,101H,14-19,22-25,32-40,42-43,81-84H2,1-10H3,(H,85,107)(H,86,113)(H,87,102)(H,88,114)(H,89,116)(H,90,105)(H,91,111)(H,92,110)(H,93,106)(H,94,108)(H,95,117)(H,96,103)(H,97,109)(H,98,115)(H,99,104)(H,100,112);4*(H,6,7)/t53-,54-,55-,56-,57-,58-,59-,60-,64-,65-,66-;;;;/m0..../s1. The first-order chi connectivity index (χ1) is 68.3. The second kappa shape index (κ2) is 66.9. The normalized spacial score (nSPS) is 21.0. The quantitative estimate of drug-likeness (QED) is 0.0268. The van der Waals surface area contributed by atoms with E-state index in [9.17, 15) is 135 Å². The van der Waals surface area contributed by atoms with Crippen molar-refractivity contribution in [3.63, 3.8) is 0 Å². The Morgan fingerprint density at radius 2 is 0.796 bits per heavy atom. The molecule has 2 bridgehead atoms. The van der Waals surface area contributed by atoms with Crippen LogP contribution in [0.5, 0.6) is 11.5 Å². The fourth-order valence-corrected chi connectivity index (χ4v) is 12.9. The van der Waals surface area contributed by atoms with E-state index in [1.165, 1.54) is 55.3 Å². The van der Waals surface area contributed by atoms with Gasteiger partial charge in [0.1, 0.15) is 89.8 Å². The van der Waals surface area contributed by atoms with Crippen LogP contribution < -0.4 is 133 Å². The van der Waals surface area contributed by atoms with E-state index in [4.69, 9.17) is 44.3 Å². The van der Waals surface area contributed by atoms with E-state index >= 15 is 0 Å². The average Bonchev–Trinajstić information content (AvgIpc) is 0.829. The number of aromatic hydroxyl groups is 1. The number of ether oxygens (including phenoxy) is 1. The molecule has 29 N–H and O–H groups in total. The van der Waals surface area contributed by atoms with Gasteiger partial charge in [-0.15, -0.1) is 0 Å². The number of nitrogens with one attached hydrogen (secondary N) is 16. The molecular formula is C88H128F12N20O26S. The van der Waals surface area contributed by atoms with Crippen LogP contribution in [0.2, 0.25) is 0 Å². The van der Waals surface area contributed by atoms with Crippen molar-refractivity contribution in [3.05, 3.63) is 89.5 Å². The molecule has 0 aliphatic carbocycles. The van der Waals surface area contributed by atoms with Gasteiger partial charge < -0.3 is 147 Å². The molecule has 826 valence electrons. The molecule has 0 aromatic heterocycles. The fourth-order valence-electron chi connectivity index (χ4n) is 12.4. The number of carboxylic acids is 4. The number of unbranched alkanes of at least 4 members (excludes halogenated alkanes) is 2. The SMILES string of the molecule is COc1ccc2cc1C(=O)NNC(=O)[C@H](Cc1ccccc1)NC(=O)[C@H](CCCC[NH3+])NC(=O)[C@@H]([NH3+])CCCNC(=O)[C@H](C(C)C)NC(=O)[C@H](C(C)C)NC(=O)CNC(=O)CNC(=O)[C@H](C(C)C)NC(=O)[C@H](CCSC)NC(=O)[C@H](CC(C)C)NC(=O)[C@@H]([NH3+])CCCNC(=O)[C@H](CCCC[NH3+])NC(=O)[C@H](Cc1ccc(O)cc1)NC(=O)C(=O)N2.O=C([O-])C(F)(F)F.O=C([O-])C(F)(F)F.O=C([O-])C(F)(F)F.O=C([O-])C(F)(F)F. The van der Waals surface area contributed by atoms with Crippen LogP contribution in [0.3, 0.4) is 0 Å². The van der Waals surface area contributed by atoms with Gasteiger partial charge in [0.2, 0.25) is 59.1 Å². The topological polar surface area (TPSA) is 766 Å². The van der Waals surface area contributed by atoms with Crippen LogP contribution in [0.25, 0.3) is 0 Å². The molecular weight excluding hydrogens is 2010 g/mol. The van der Waals surface area contributed by atoms with Crippen LogP contribution in [-0.4, -0.2) is 273 Å². The zero-order valence-corrected chi connectivity index (χ0v) is 82.7. The number of quaternary nitrogens is 4. The molecule has 46 nitrogen and oxygen atoms in total. The number of methoxy groups -OCH3 is 1. The number of hydrogen-bond acceptors (Lipinski definition) is 27. The second-order valence-electron chi connectivity index (χ2n) is 34.0. The molecule has 1 aliphatic rings. The maximum absolute atomic E-state index is 14.4. The van der Waals surface area contributed by atoms with Crippen molar-refractivity contribution in [1.29, 1.82) is 0 Å². The molecule has 0 fully saturated rings. The molecule has 3 aromatic rings. The van der Waals surface area contributed by atoms with Gasteiger partial charge in [0.15, 0.2) is 12.1 Å². The van der Waals surface area contributed by atoms with Gasteiger partial charge in [-0.1, -0.05) is 97.9 Å². The first-order valence-electron chi connectivity index (χ1n) is 45.4. The molecule has 147 heavy (non-hydrogen) atoms. The molecule has 11 atom stereocenters. The highest BCUT2D eigenvalue weighted by Crippen LogP contribution is 2.24. The van der Waals surface area contributed by atoms with E-state index in [-0.39, 0.29) is 106 Å². The first kappa shape index (κ1) is 133. The summed E-state index contributed by atoms with van der Waals surface area (Å²) in [6.07, 6.45) is -16.3. The summed E-state index contributed by atoms with van der Waals surface area (Å²) < 4.78 is 132. The number of carbonyl (C=O) groups is 20. The summed E-state index contributed by atoms with van der Waals surface area (Å²) in [6, 6.07) is 4.88. The molecule has 1 heterocycles. The van der Waals surface area contributed by atoms with E-state index in [2.05, 4.69) is 108 Å². The molecule has 1 aliphatic heterocycles. The minimum atomic E-state index is -5.19. The molecule has 16 amide bonds. The van der Waals surface area contributed by atoms with Gasteiger partial charge in [-0.2, -0.15) is 64.4 Å². The van der Waals surface area contributed by atoms with Crippen molar-refractivity contribution in [1.82, 2.24) is 80.0 Å². The summed E-state index contributed by atoms with van der Waals surface area (Å²) >= 11 is 1.39. The number of hydrazine groups is 1. The van der Waals surface area contributed by atoms with Crippen LogP contribution in [0.4, 0.5) is 58.4 Å². The maximum Gasteiger partial charge on any atom is 0.430 e. The Morgan fingerprint density at radius 1 is 0.415 bits per heavy atom. The minimum Gasteiger partial charge on any atom is -0.542 e. The van der Waals surface area contributed by atoms with Crippen molar-refractivity contribution in [2.45, 2.75) is 236 Å². The maximum atomic E-state index is 14.4. The van der Waals surface area contributed by atoms with E-state index in [1.54, 1.807) is 78.1 Å². The zero-order valence-electron chi connectivity index (χ0n) is 81.9. The highest BCUT2D eigenvalue weighted by molar-refractivity contribution is 7.98. The summed E-state index contributed by atoms with van der Waals surface area (Å²) in [6.45, 7) is 13.4. The number of carboxylic acid groups (broad SMARTS) is 4. The molecule has 0 saturated heterocycles. The molecule has 0 unspecified atom stereocenters. The lowest BCUT2D eigenvalue weighted by Crippen LogP contribution is -2.69. The number of fused-ring (bicyclic) bond motifs is 2. The van der Waals surface area contributed by atoms with Crippen LogP contribution in [0.1, 0.15) is 154 Å². The summed E-state index contributed by atoms with van der Waals surface area (Å²) in [5.41, 5.74) is 21.1. The van der Waals surface area contributed by atoms with Gasteiger partial charge in [0, 0.05) is 44.5 Å². The number of thioether (sulfide) groups is 1. The summed E-state index contributed by atoms with van der Waals surface area (Å²) in [4.78, 5) is 258. The lowest BCUT2D eigenvalue weighted by atomic mass is 9.99. The number of anilines is 1. The number of rotatable bonds is 21. The third kappa shape index (κ3) is 54.7. The number of alkyl halides is 12. The van der Waals surface area contributed by atoms with Crippen molar-refractivity contribution in [2.75, 3.05) is 63.7 Å². The molecule has 4 rings (SSSR count). The average molecular weight is 2140 g/mol. The molecule has 0 spiro atoms. The highest BCUT2D eigenvalue weighted by Gasteiger charge is 2.39. The highest BCUT2D eigenvalue weighted by atomic mass is 32.2. The van der Waals surface area contributed by atoms with E-state index in [0.717, 1.165) is 6.07 Å². The Kier molecular flexibility index (Phi) is 60.5. The Morgan fingerprint density at radius 3 is 1.24 bits per heavy atom. The van der Waals surface area contributed by atoms with Crippen molar-refractivity contribution in [2.24, 2.45) is 23.7 Å². The van der Waals surface area contributed by atoms with Crippen molar-refractivity contribution >= 4 is 136 Å². The third-order valence-electron chi connectivity index (χ3n) is 20.3. The number of aliphatic carboxylic acids is 4. The number of halogens is 12. The Balaban J connectivity index is 0.00000661. The monoisotopic (exact) mass is 2140 g/mol. The zero-order chi connectivity index (χ0) is 113. The van der Waals surface area contributed by atoms with Crippen molar-refractivity contribution in [3.8, 4) is 11.5 Å². The molecule has 0 radical (unpaired) electrons. The summed E-state index contributed by atoms with van der Waals surface area (Å²) in [7, 11) is 1.25. The van der Waals surface area contributed by atoms with Gasteiger partial charge in [0.25, 0.3) is 23.6 Å². The van der Waals surface area contributed by atoms with Crippen LogP contribution in [-0.2, 0) is 104 Å². The third-order valence-corrected chi connectivity index (χ3v) is 21.0. The summed E-state index contributed by atoms with van der Waals surface area (Å²) in [5.74, 6) is -26.6. The predicted octanol–water partition coefficient (Wildman–Crippen LogP) is -8.01. The van der Waals surface area contributed by atoms with Crippen LogP contribution >= 0.6 is 11.8 Å². The second-order valence-corrected chi connectivity index (χ2v) is 34.9.